The molecule has 1 heterocycles. The highest BCUT2D eigenvalue weighted by Gasteiger charge is 2.60. The lowest BCUT2D eigenvalue weighted by atomic mass is 9.48. The summed E-state index contributed by atoms with van der Waals surface area (Å²) in [6.07, 6.45) is 5.02. The monoisotopic (exact) mass is 354 g/mol. The molecule has 2 aromatic rings. The number of carbonyl (C=O) groups is 1. The molecule has 1 aromatic carbocycles. The van der Waals surface area contributed by atoms with Gasteiger partial charge in [-0.15, -0.1) is 0 Å². The quantitative estimate of drug-likeness (QED) is 0.849. The van der Waals surface area contributed by atoms with Crippen LogP contribution in [0.2, 0.25) is 0 Å². The summed E-state index contributed by atoms with van der Waals surface area (Å²) in [5.41, 5.74) is -0.341. The first kappa shape index (κ1) is 16.0. The second-order valence-corrected chi connectivity index (χ2v) is 8.42. The van der Waals surface area contributed by atoms with Crippen molar-refractivity contribution in [1.82, 2.24) is 10.1 Å². The minimum atomic E-state index is -0.673. The third kappa shape index (κ3) is 2.63. The zero-order chi connectivity index (χ0) is 17.8. The van der Waals surface area contributed by atoms with E-state index in [1.807, 2.05) is 30.3 Å². The Kier molecular flexibility index (Phi) is 3.47. The predicted molar refractivity (Wildman–Crippen MR) is 91.6 cm³/mol. The van der Waals surface area contributed by atoms with Gasteiger partial charge in [0.15, 0.2) is 6.61 Å². The van der Waals surface area contributed by atoms with E-state index in [2.05, 4.69) is 10.1 Å². The van der Waals surface area contributed by atoms with Gasteiger partial charge in [0.25, 0.3) is 5.89 Å². The molecule has 0 unspecified atom stereocenters. The maximum atomic E-state index is 12.9. The third-order valence-corrected chi connectivity index (χ3v) is 6.29. The zero-order valence-corrected chi connectivity index (χ0v) is 14.6. The number of hydrogen-bond acceptors (Lipinski definition) is 6. The summed E-state index contributed by atoms with van der Waals surface area (Å²) in [6, 6.07) is 9.53. The Balaban J connectivity index is 1.28. The molecule has 6 heteroatoms. The summed E-state index contributed by atoms with van der Waals surface area (Å²) in [5, 5.41) is 14.7. The van der Waals surface area contributed by atoms with Crippen molar-refractivity contribution < 1.29 is 19.2 Å². The molecule has 4 saturated carbocycles. The van der Waals surface area contributed by atoms with Gasteiger partial charge in [0.05, 0.1) is 11.0 Å². The van der Waals surface area contributed by atoms with E-state index in [1.165, 1.54) is 0 Å². The van der Waals surface area contributed by atoms with Crippen LogP contribution >= 0.6 is 0 Å². The molecule has 0 aliphatic heterocycles. The topological polar surface area (TPSA) is 85.5 Å². The number of aliphatic hydroxyl groups is 1. The first-order valence-electron chi connectivity index (χ1n) is 9.31. The molecule has 4 bridgehead atoms. The molecule has 0 amide bonds. The maximum absolute atomic E-state index is 12.9. The molecule has 2 atom stereocenters. The fourth-order valence-electron chi connectivity index (χ4n) is 5.75. The highest BCUT2D eigenvalue weighted by atomic mass is 16.6. The molecule has 26 heavy (non-hydrogen) atoms. The summed E-state index contributed by atoms with van der Waals surface area (Å²) >= 11 is 0. The van der Waals surface area contributed by atoms with E-state index in [0.29, 0.717) is 30.0 Å². The molecule has 4 aliphatic carbocycles. The van der Waals surface area contributed by atoms with Crippen LogP contribution in [0.4, 0.5) is 0 Å². The van der Waals surface area contributed by atoms with Crippen LogP contribution in [0, 0.1) is 17.3 Å². The fraction of sp³-hybridized carbons (Fsp3) is 0.550. The van der Waals surface area contributed by atoms with Gasteiger partial charge in [-0.2, -0.15) is 4.98 Å². The maximum Gasteiger partial charge on any atom is 0.312 e. The normalized spacial score (nSPS) is 34.8. The van der Waals surface area contributed by atoms with Crippen molar-refractivity contribution in [3.8, 4) is 11.4 Å². The molecule has 0 saturated heterocycles. The number of benzene rings is 1. The van der Waals surface area contributed by atoms with Crippen LogP contribution in [0.25, 0.3) is 11.4 Å². The first-order valence-corrected chi connectivity index (χ1v) is 9.31. The molecular formula is C20H22N2O4. The zero-order valence-electron chi connectivity index (χ0n) is 14.6. The smallest absolute Gasteiger partial charge is 0.312 e. The van der Waals surface area contributed by atoms with E-state index >= 15 is 0 Å². The van der Waals surface area contributed by atoms with Crippen LogP contribution in [-0.2, 0) is 16.1 Å². The second-order valence-electron chi connectivity index (χ2n) is 8.42. The molecule has 0 spiro atoms. The van der Waals surface area contributed by atoms with Gasteiger partial charge in [-0.25, -0.2) is 0 Å². The van der Waals surface area contributed by atoms with Gasteiger partial charge in [-0.3, -0.25) is 4.79 Å². The average Bonchev–Trinajstić information content (AvgIpc) is 3.07. The summed E-state index contributed by atoms with van der Waals surface area (Å²) < 4.78 is 10.8. The van der Waals surface area contributed by atoms with Gasteiger partial charge < -0.3 is 14.4 Å². The molecule has 0 radical (unpaired) electrons. The number of ether oxygens (including phenoxy) is 1. The van der Waals surface area contributed by atoms with Gasteiger partial charge in [-0.05, 0) is 50.4 Å². The minimum Gasteiger partial charge on any atom is -0.455 e. The summed E-state index contributed by atoms with van der Waals surface area (Å²) in [6.45, 7) is -0.0197. The number of aromatic nitrogens is 2. The van der Waals surface area contributed by atoms with Crippen LogP contribution in [0.15, 0.2) is 34.9 Å². The lowest BCUT2D eigenvalue weighted by Gasteiger charge is -2.58. The molecule has 4 fully saturated rings. The largest absolute Gasteiger partial charge is 0.455 e. The van der Waals surface area contributed by atoms with E-state index in [4.69, 9.17) is 9.26 Å². The third-order valence-electron chi connectivity index (χ3n) is 6.29. The Bertz CT molecular complexity index is 817. The highest BCUT2D eigenvalue weighted by molar-refractivity contribution is 5.77. The summed E-state index contributed by atoms with van der Waals surface area (Å²) in [5.74, 6) is 1.45. The van der Waals surface area contributed by atoms with Gasteiger partial charge in [0.1, 0.15) is 0 Å². The van der Waals surface area contributed by atoms with E-state index < -0.39 is 11.0 Å². The van der Waals surface area contributed by atoms with Crippen molar-refractivity contribution in [3.63, 3.8) is 0 Å². The number of hydrogen-bond donors (Lipinski definition) is 1. The van der Waals surface area contributed by atoms with Crippen LogP contribution in [-0.4, -0.2) is 26.8 Å². The van der Waals surface area contributed by atoms with Crippen molar-refractivity contribution in [2.24, 2.45) is 17.3 Å². The average molecular weight is 354 g/mol. The molecule has 6 nitrogen and oxygen atoms in total. The molecule has 6 rings (SSSR count). The summed E-state index contributed by atoms with van der Waals surface area (Å²) in [7, 11) is 0. The molecular weight excluding hydrogens is 332 g/mol. The Morgan fingerprint density at radius 3 is 2.62 bits per heavy atom. The molecule has 136 valence electrons. The van der Waals surface area contributed by atoms with Crippen LogP contribution < -0.4 is 0 Å². The Hall–Kier alpha value is -2.21. The number of carbonyl (C=O) groups excluding carboxylic acids is 1. The van der Waals surface area contributed by atoms with Crippen LogP contribution in [0.1, 0.15) is 44.4 Å². The van der Waals surface area contributed by atoms with Crippen LogP contribution in [0.5, 0.6) is 0 Å². The SMILES string of the molecule is O=C(OCc1nc(-c2ccccc2)no1)C12C[C@H]3C[C@@H](CC(O)(C3)C1)C2. The van der Waals surface area contributed by atoms with Gasteiger partial charge in [-0.1, -0.05) is 35.5 Å². The highest BCUT2D eigenvalue weighted by Crippen LogP contribution is 2.62. The fourth-order valence-corrected chi connectivity index (χ4v) is 5.75. The van der Waals surface area contributed by atoms with Crippen molar-refractivity contribution >= 4 is 5.97 Å². The molecule has 1 N–H and O–H groups in total. The first-order chi connectivity index (χ1) is 12.5. The van der Waals surface area contributed by atoms with E-state index in [0.717, 1.165) is 37.7 Å². The van der Waals surface area contributed by atoms with E-state index in [9.17, 15) is 9.90 Å². The second kappa shape index (κ2) is 5.64. The van der Waals surface area contributed by atoms with E-state index in [-0.39, 0.29) is 12.6 Å². The lowest BCUT2D eigenvalue weighted by Crippen LogP contribution is -2.58. The Labute approximate surface area is 151 Å². The molecule has 1 aromatic heterocycles. The van der Waals surface area contributed by atoms with E-state index in [1.54, 1.807) is 0 Å². The Morgan fingerprint density at radius 2 is 1.92 bits per heavy atom. The number of rotatable bonds is 4. The predicted octanol–water partition coefficient (Wildman–Crippen LogP) is 3.11. The Morgan fingerprint density at radius 1 is 1.19 bits per heavy atom. The van der Waals surface area contributed by atoms with Gasteiger partial charge in [0, 0.05) is 5.56 Å². The van der Waals surface area contributed by atoms with Crippen molar-refractivity contribution in [2.45, 2.75) is 50.7 Å². The number of esters is 1. The van der Waals surface area contributed by atoms with Gasteiger partial charge >= 0.3 is 5.97 Å². The van der Waals surface area contributed by atoms with Crippen molar-refractivity contribution in [1.29, 1.82) is 0 Å². The lowest BCUT2D eigenvalue weighted by molar-refractivity contribution is -0.197. The number of nitrogens with zero attached hydrogens (tertiary/aromatic N) is 2. The van der Waals surface area contributed by atoms with Crippen LogP contribution in [0.3, 0.4) is 0 Å². The van der Waals surface area contributed by atoms with Crippen molar-refractivity contribution in [3.05, 3.63) is 36.2 Å². The minimum absolute atomic E-state index is 0.0197. The van der Waals surface area contributed by atoms with Gasteiger partial charge in [0.2, 0.25) is 5.82 Å². The standard InChI is InChI=1S/C20H22N2O4/c23-18(19-7-13-6-14(8-19)10-20(24,9-13)12-19)25-11-16-21-17(22-26-16)15-4-2-1-3-5-15/h1-5,13-14,24H,6-12H2/t13-,14-,19?,20?/m1/s1. The van der Waals surface area contributed by atoms with Crippen molar-refractivity contribution in [2.75, 3.05) is 0 Å². The summed E-state index contributed by atoms with van der Waals surface area (Å²) in [4.78, 5) is 17.2. The molecule has 4 aliphatic rings.